The summed E-state index contributed by atoms with van der Waals surface area (Å²) in [6.45, 7) is 3.73. The summed E-state index contributed by atoms with van der Waals surface area (Å²) in [4.78, 5) is 12.7. The van der Waals surface area contributed by atoms with Gasteiger partial charge in [0.15, 0.2) is 11.5 Å². The number of nitrogens with zero attached hydrogens (tertiary/aromatic N) is 2. The maximum absolute atomic E-state index is 12.7. The van der Waals surface area contributed by atoms with Crippen molar-refractivity contribution in [1.29, 1.82) is 0 Å². The molecule has 0 fully saturated rings. The molecule has 7 heteroatoms. The van der Waals surface area contributed by atoms with Gasteiger partial charge >= 0.3 is 0 Å². The van der Waals surface area contributed by atoms with Gasteiger partial charge in [0, 0.05) is 5.56 Å². The Morgan fingerprint density at radius 3 is 2.76 bits per heavy atom. The fourth-order valence-corrected chi connectivity index (χ4v) is 2.90. The maximum Gasteiger partial charge on any atom is 0.277 e. The molecule has 0 bridgehead atoms. The zero-order valence-corrected chi connectivity index (χ0v) is 16.0. The second kappa shape index (κ2) is 8.02. The lowest BCUT2D eigenvalue weighted by Gasteiger charge is -2.02. The second-order valence-corrected chi connectivity index (χ2v) is 6.47. The van der Waals surface area contributed by atoms with Gasteiger partial charge in [0.1, 0.15) is 17.0 Å². The summed E-state index contributed by atoms with van der Waals surface area (Å²) in [7, 11) is 0. The molecular weight excluding hydrogens is 370 g/mol. The molecule has 2 aromatic carbocycles. The normalized spacial score (nSPS) is 13.1. The van der Waals surface area contributed by atoms with Crippen LogP contribution in [0.3, 0.4) is 0 Å². The van der Waals surface area contributed by atoms with E-state index in [4.69, 9.17) is 14.0 Å². The number of fused-ring (bicyclic) bond motifs is 1. The molecule has 146 valence electrons. The van der Waals surface area contributed by atoms with Crippen LogP contribution in [0.1, 0.15) is 28.6 Å². The minimum Gasteiger partial charge on any atom is -0.454 e. The summed E-state index contributed by atoms with van der Waals surface area (Å²) in [6.07, 6.45) is 3.68. The van der Waals surface area contributed by atoms with Crippen molar-refractivity contribution in [3.8, 4) is 22.8 Å². The van der Waals surface area contributed by atoms with E-state index in [9.17, 15) is 4.79 Å². The predicted octanol–water partition coefficient (Wildman–Crippen LogP) is 4.20. The summed E-state index contributed by atoms with van der Waals surface area (Å²) in [5.41, 5.74) is 5.80. The smallest absolute Gasteiger partial charge is 0.277 e. The Balaban J connectivity index is 1.46. The van der Waals surface area contributed by atoms with Gasteiger partial charge in [-0.15, -0.1) is 0 Å². The van der Waals surface area contributed by atoms with Crippen molar-refractivity contribution in [3.05, 3.63) is 71.5 Å². The molecule has 1 aliphatic heterocycles. The van der Waals surface area contributed by atoms with E-state index in [0.29, 0.717) is 28.5 Å². The van der Waals surface area contributed by atoms with Crippen molar-refractivity contribution in [1.82, 2.24) is 10.6 Å². The summed E-state index contributed by atoms with van der Waals surface area (Å²) in [5, 5.41) is 8.17. The van der Waals surface area contributed by atoms with E-state index in [1.165, 1.54) is 0 Å². The van der Waals surface area contributed by atoms with Gasteiger partial charge in [-0.05, 0) is 37.6 Å². The quantitative estimate of drug-likeness (QED) is 0.522. The Morgan fingerprint density at radius 1 is 1.14 bits per heavy atom. The van der Waals surface area contributed by atoms with E-state index < -0.39 is 0 Å². The van der Waals surface area contributed by atoms with Crippen molar-refractivity contribution in [2.24, 2.45) is 5.10 Å². The highest BCUT2D eigenvalue weighted by atomic mass is 16.7. The third-order valence-corrected chi connectivity index (χ3v) is 4.38. The van der Waals surface area contributed by atoms with Crippen LogP contribution in [0, 0.1) is 6.92 Å². The van der Waals surface area contributed by atoms with Crippen LogP contribution in [0.15, 0.2) is 64.2 Å². The van der Waals surface area contributed by atoms with Crippen LogP contribution in [0.5, 0.6) is 11.5 Å². The largest absolute Gasteiger partial charge is 0.454 e. The number of amides is 1. The first-order chi connectivity index (χ1) is 14.1. The summed E-state index contributed by atoms with van der Waals surface area (Å²) in [5.74, 6) is 1.51. The minimum absolute atomic E-state index is 0.238. The van der Waals surface area contributed by atoms with Gasteiger partial charge in [-0.3, -0.25) is 4.79 Å². The topological polar surface area (TPSA) is 86.0 Å². The van der Waals surface area contributed by atoms with E-state index in [1.807, 2.05) is 54.6 Å². The van der Waals surface area contributed by atoms with Gasteiger partial charge in [0.25, 0.3) is 5.91 Å². The van der Waals surface area contributed by atoms with E-state index >= 15 is 0 Å². The van der Waals surface area contributed by atoms with Crippen LogP contribution in [-0.4, -0.2) is 23.6 Å². The van der Waals surface area contributed by atoms with Crippen LogP contribution >= 0.6 is 0 Å². The molecule has 2 heterocycles. The molecule has 0 saturated carbocycles. The van der Waals surface area contributed by atoms with Crippen molar-refractivity contribution in [3.63, 3.8) is 0 Å². The molecule has 4 rings (SSSR count). The van der Waals surface area contributed by atoms with E-state index in [1.54, 1.807) is 19.9 Å². The van der Waals surface area contributed by atoms with Gasteiger partial charge in [-0.25, -0.2) is 5.43 Å². The molecule has 0 aliphatic carbocycles. The number of hydrogen-bond donors (Lipinski definition) is 1. The molecule has 3 aromatic rings. The molecule has 1 aliphatic rings. The van der Waals surface area contributed by atoms with E-state index in [2.05, 4.69) is 15.7 Å². The highest BCUT2D eigenvalue weighted by molar-refractivity contribution is 6.02. The fraction of sp³-hybridized carbons (Fsp3) is 0.136. The zero-order chi connectivity index (χ0) is 20.2. The second-order valence-electron chi connectivity index (χ2n) is 6.47. The lowest BCUT2D eigenvalue weighted by Crippen LogP contribution is -2.19. The van der Waals surface area contributed by atoms with E-state index in [-0.39, 0.29) is 12.7 Å². The van der Waals surface area contributed by atoms with Gasteiger partial charge < -0.3 is 14.0 Å². The Hall–Kier alpha value is -3.87. The molecule has 0 saturated heterocycles. The van der Waals surface area contributed by atoms with Gasteiger partial charge in [-0.1, -0.05) is 47.6 Å². The number of rotatable bonds is 5. The first kappa shape index (κ1) is 18.5. The highest BCUT2D eigenvalue weighted by Gasteiger charge is 2.21. The van der Waals surface area contributed by atoms with Crippen LogP contribution in [0.2, 0.25) is 0 Å². The Morgan fingerprint density at radius 2 is 1.93 bits per heavy atom. The van der Waals surface area contributed by atoms with E-state index in [0.717, 1.165) is 16.9 Å². The number of hydrogen-bond acceptors (Lipinski definition) is 6. The van der Waals surface area contributed by atoms with Crippen molar-refractivity contribution in [2.45, 2.75) is 13.8 Å². The predicted molar refractivity (Wildman–Crippen MR) is 109 cm³/mol. The standard InChI is InChI=1S/C22H19N3O4/c1-14(8-9-16-10-11-18-19(12-16)28-13-27-18)23-24-22(26)20-15(2)29-25-21(20)17-6-4-3-5-7-17/h3-12H,13H2,1-2H3,(H,24,26). The number of nitrogens with one attached hydrogen (secondary N) is 1. The summed E-state index contributed by atoms with van der Waals surface area (Å²) >= 11 is 0. The lowest BCUT2D eigenvalue weighted by atomic mass is 10.1. The number of hydrazone groups is 1. The molecule has 0 unspecified atom stereocenters. The number of carbonyl (C=O) groups is 1. The molecule has 0 radical (unpaired) electrons. The van der Waals surface area contributed by atoms with Crippen LogP contribution in [0.4, 0.5) is 0 Å². The SMILES string of the molecule is CC(C=Cc1ccc2c(c1)OCO2)=NNC(=O)c1c(-c2ccccc2)noc1C. The highest BCUT2D eigenvalue weighted by Crippen LogP contribution is 2.32. The monoisotopic (exact) mass is 389 g/mol. The van der Waals surface area contributed by atoms with Gasteiger partial charge in [-0.2, -0.15) is 5.10 Å². The molecule has 7 nitrogen and oxygen atoms in total. The number of ether oxygens (including phenoxy) is 2. The number of carbonyl (C=O) groups excluding carboxylic acids is 1. The van der Waals surface area contributed by atoms with Crippen molar-refractivity contribution in [2.75, 3.05) is 6.79 Å². The summed E-state index contributed by atoms with van der Waals surface area (Å²) < 4.78 is 15.9. The Kier molecular flexibility index (Phi) is 5.11. The Labute approximate surface area is 167 Å². The molecule has 0 atom stereocenters. The molecule has 1 aromatic heterocycles. The average molecular weight is 389 g/mol. The number of aromatic nitrogens is 1. The number of aryl methyl sites for hydroxylation is 1. The molecule has 29 heavy (non-hydrogen) atoms. The van der Waals surface area contributed by atoms with Gasteiger partial charge in [0.05, 0.1) is 5.71 Å². The van der Waals surface area contributed by atoms with Crippen molar-refractivity contribution < 1.29 is 18.8 Å². The first-order valence-electron chi connectivity index (χ1n) is 9.06. The molecule has 1 N–H and O–H groups in total. The van der Waals surface area contributed by atoms with Crippen molar-refractivity contribution >= 4 is 17.7 Å². The van der Waals surface area contributed by atoms with Crippen LogP contribution in [-0.2, 0) is 0 Å². The first-order valence-corrected chi connectivity index (χ1v) is 9.06. The summed E-state index contributed by atoms with van der Waals surface area (Å²) in [6, 6.07) is 15.1. The minimum atomic E-state index is -0.376. The van der Waals surface area contributed by atoms with Crippen LogP contribution in [0.25, 0.3) is 17.3 Å². The van der Waals surface area contributed by atoms with Crippen LogP contribution < -0.4 is 14.9 Å². The zero-order valence-electron chi connectivity index (χ0n) is 16.0. The number of allylic oxidation sites excluding steroid dienone is 1. The fourth-order valence-electron chi connectivity index (χ4n) is 2.90. The third kappa shape index (κ3) is 4.03. The lowest BCUT2D eigenvalue weighted by molar-refractivity contribution is 0.0954. The molecule has 0 spiro atoms. The van der Waals surface area contributed by atoms with Gasteiger partial charge in [0.2, 0.25) is 6.79 Å². The Bertz CT molecular complexity index is 1100. The average Bonchev–Trinajstić information content (AvgIpc) is 3.37. The molecule has 1 amide bonds. The third-order valence-electron chi connectivity index (χ3n) is 4.38. The molecular formula is C22H19N3O4. The maximum atomic E-state index is 12.7. The number of benzene rings is 2.